The van der Waals surface area contributed by atoms with E-state index in [1.807, 2.05) is 0 Å². The van der Waals surface area contributed by atoms with E-state index in [1.165, 1.54) is 12.1 Å². The first-order valence-electron chi connectivity index (χ1n) is 6.09. The standard InChI is InChI=1S/C13H15FN2OS/c1-13(4-6-17-7-5-13)16-11-3-2-9(14)8-10(11)15-12(16)18/h2-3,8H,4-7H2,1H3,(H,15,18). The molecule has 18 heavy (non-hydrogen) atoms. The second kappa shape index (κ2) is 4.17. The highest BCUT2D eigenvalue weighted by molar-refractivity contribution is 7.71. The quantitative estimate of drug-likeness (QED) is 0.802. The highest BCUT2D eigenvalue weighted by Gasteiger charge is 2.31. The molecule has 1 N–H and O–H groups in total. The Morgan fingerprint density at radius 3 is 2.83 bits per heavy atom. The number of hydrogen-bond acceptors (Lipinski definition) is 2. The Hall–Kier alpha value is -1.20. The summed E-state index contributed by atoms with van der Waals surface area (Å²) < 4.78 is 21.4. The fraction of sp³-hybridized carbons (Fsp3) is 0.462. The lowest BCUT2D eigenvalue weighted by molar-refractivity contribution is 0.0306. The van der Waals surface area contributed by atoms with Crippen LogP contribution in [0.5, 0.6) is 0 Å². The van der Waals surface area contributed by atoms with E-state index in [4.69, 9.17) is 17.0 Å². The van der Waals surface area contributed by atoms with Crippen molar-refractivity contribution >= 4 is 23.3 Å². The summed E-state index contributed by atoms with van der Waals surface area (Å²) in [6.07, 6.45) is 1.84. The molecule has 1 aliphatic heterocycles. The molecule has 0 aliphatic carbocycles. The third-order valence-electron chi connectivity index (χ3n) is 3.75. The average Bonchev–Trinajstić information content (AvgIpc) is 2.65. The number of nitrogens with zero attached hydrogens (tertiary/aromatic N) is 1. The predicted octanol–water partition coefficient (Wildman–Crippen LogP) is 3.36. The zero-order valence-corrected chi connectivity index (χ0v) is 11.0. The van der Waals surface area contributed by atoms with Crippen molar-refractivity contribution in [3.8, 4) is 0 Å². The Balaban J connectivity index is 2.22. The second-order valence-electron chi connectivity index (χ2n) is 5.04. The first-order valence-corrected chi connectivity index (χ1v) is 6.49. The van der Waals surface area contributed by atoms with Crippen LogP contribution in [0.15, 0.2) is 18.2 Å². The number of aromatic amines is 1. The van der Waals surface area contributed by atoms with Gasteiger partial charge in [-0.25, -0.2) is 4.39 Å². The van der Waals surface area contributed by atoms with Gasteiger partial charge in [-0.1, -0.05) is 0 Å². The first-order chi connectivity index (χ1) is 8.60. The Kier molecular flexibility index (Phi) is 2.75. The maximum absolute atomic E-state index is 13.2. The largest absolute Gasteiger partial charge is 0.381 e. The lowest BCUT2D eigenvalue weighted by atomic mass is 9.92. The predicted molar refractivity (Wildman–Crippen MR) is 70.8 cm³/mol. The molecule has 1 aliphatic rings. The van der Waals surface area contributed by atoms with Gasteiger partial charge in [-0.2, -0.15) is 0 Å². The van der Waals surface area contributed by atoms with Crippen molar-refractivity contribution in [3.63, 3.8) is 0 Å². The Bertz CT molecular complexity index is 640. The van der Waals surface area contributed by atoms with Crippen molar-refractivity contribution in [1.82, 2.24) is 9.55 Å². The zero-order valence-electron chi connectivity index (χ0n) is 10.2. The second-order valence-corrected chi connectivity index (χ2v) is 5.42. The minimum absolute atomic E-state index is 0.0502. The van der Waals surface area contributed by atoms with Crippen LogP contribution < -0.4 is 0 Å². The lowest BCUT2D eigenvalue weighted by Crippen LogP contribution is -2.36. The topological polar surface area (TPSA) is 29.9 Å². The molecular weight excluding hydrogens is 251 g/mol. The van der Waals surface area contributed by atoms with Crippen LogP contribution >= 0.6 is 12.2 Å². The third kappa shape index (κ3) is 1.78. The molecule has 1 saturated heterocycles. The van der Waals surface area contributed by atoms with E-state index in [9.17, 15) is 4.39 Å². The minimum atomic E-state index is -0.247. The van der Waals surface area contributed by atoms with E-state index in [-0.39, 0.29) is 11.4 Å². The van der Waals surface area contributed by atoms with Crippen molar-refractivity contribution in [2.24, 2.45) is 0 Å². The van der Waals surface area contributed by atoms with Crippen molar-refractivity contribution in [2.75, 3.05) is 13.2 Å². The van der Waals surface area contributed by atoms with E-state index in [0.29, 0.717) is 4.77 Å². The summed E-state index contributed by atoms with van der Waals surface area (Å²) >= 11 is 5.39. The molecule has 1 aromatic carbocycles. The molecule has 0 bridgehead atoms. The number of rotatable bonds is 1. The Morgan fingerprint density at radius 2 is 2.11 bits per heavy atom. The molecule has 0 spiro atoms. The molecule has 0 atom stereocenters. The maximum atomic E-state index is 13.2. The molecule has 1 aromatic heterocycles. The average molecular weight is 266 g/mol. The summed E-state index contributed by atoms with van der Waals surface area (Å²) in [5.74, 6) is -0.247. The highest BCUT2D eigenvalue weighted by Crippen LogP contribution is 2.32. The molecule has 3 rings (SSSR count). The number of halogens is 1. The number of ether oxygens (including phenoxy) is 1. The molecule has 0 saturated carbocycles. The minimum Gasteiger partial charge on any atom is -0.381 e. The van der Waals surface area contributed by atoms with Gasteiger partial charge in [-0.05, 0) is 50.2 Å². The van der Waals surface area contributed by atoms with Gasteiger partial charge in [0.2, 0.25) is 0 Å². The van der Waals surface area contributed by atoms with Crippen molar-refractivity contribution in [1.29, 1.82) is 0 Å². The number of H-pyrrole nitrogens is 1. The van der Waals surface area contributed by atoms with Crippen LogP contribution in [0.1, 0.15) is 19.8 Å². The SMILES string of the molecule is CC1(n2c(=S)[nH]c3cc(F)ccc32)CCOCC1. The van der Waals surface area contributed by atoms with Gasteiger partial charge in [-0.15, -0.1) is 0 Å². The van der Waals surface area contributed by atoms with Crippen LogP contribution in [0.4, 0.5) is 4.39 Å². The van der Waals surface area contributed by atoms with E-state index < -0.39 is 0 Å². The van der Waals surface area contributed by atoms with Gasteiger partial charge in [0, 0.05) is 18.8 Å². The summed E-state index contributed by atoms with van der Waals surface area (Å²) in [6.45, 7) is 3.67. The van der Waals surface area contributed by atoms with Crippen molar-refractivity contribution < 1.29 is 9.13 Å². The number of nitrogens with one attached hydrogen (secondary N) is 1. The number of fused-ring (bicyclic) bond motifs is 1. The Labute approximate surface area is 110 Å². The highest BCUT2D eigenvalue weighted by atomic mass is 32.1. The van der Waals surface area contributed by atoms with E-state index in [0.717, 1.165) is 37.1 Å². The van der Waals surface area contributed by atoms with Crippen LogP contribution in [0.2, 0.25) is 0 Å². The first kappa shape index (κ1) is 11.9. The molecule has 1 fully saturated rings. The van der Waals surface area contributed by atoms with Gasteiger partial charge in [0.25, 0.3) is 0 Å². The van der Waals surface area contributed by atoms with Gasteiger partial charge >= 0.3 is 0 Å². The summed E-state index contributed by atoms with van der Waals surface area (Å²) in [7, 11) is 0. The van der Waals surface area contributed by atoms with Gasteiger partial charge in [0.15, 0.2) is 4.77 Å². The fourth-order valence-electron chi connectivity index (χ4n) is 2.65. The maximum Gasteiger partial charge on any atom is 0.178 e. The number of imidazole rings is 1. The number of aromatic nitrogens is 2. The monoisotopic (exact) mass is 266 g/mol. The van der Waals surface area contributed by atoms with Crippen LogP contribution in [0.3, 0.4) is 0 Å². The molecule has 0 amide bonds. The van der Waals surface area contributed by atoms with Gasteiger partial charge < -0.3 is 14.3 Å². The molecule has 0 unspecified atom stereocenters. The summed E-state index contributed by atoms with van der Waals surface area (Å²) in [4.78, 5) is 3.09. The summed E-state index contributed by atoms with van der Waals surface area (Å²) in [6, 6.07) is 4.76. The van der Waals surface area contributed by atoms with Crippen LogP contribution in [0.25, 0.3) is 11.0 Å². The molecule has 2 heterocycles. The summed E-state index contributed by atoms with van der Waals surface area (Å²) in [5.41, 5.74) is 1.67. The van der Waals surface area contributed by atoms with E-state index >= 15 is 0 Å². The van der Waals surface area contributed by atoms with Gasteiger partial charge in [-0.3, -0.25) is 0 Å². The molecule has 96 valence electrons. The van der Waals surface area contributed by atoms with Crippen molar-refractivity contribution in [3.05, 3.63) is 28.8 Å². The van der Waals surface area contributed by atoms with Crippen LogP contribution in [0, 0.1) is 10.6 Å². The lowest BCUT2D eigenvalue weighted by Gasteiger charge is -2.35. The number of hydrogen-bond donors (Lipinski definition) is 1. The Morgan fingerprint density at radius 1 is 1.39 bits per heavy atom. The molecule has 3 nitrogen and oxygen atoms in total. The molecule has 0 radical (unpaired) electrons. The van der Waals surface area contributed by atoms with Crippen LogP contribution in [-0.4, -0.2) is 22.8 Å². The molecule has 2 aromatic rings. The van der Waals surface area contributed by atoms with E-state index in [1.54, 1.807) is 6.07 Å². The normalized spacial score (nSPS) is 19.2. The van der Waals surface area contributed by atoms with Crippen molar-refractivity contribution in [2.45, 2.75) is 25.3 Å². The van der Waals surface area contributed by atoms with Crippen LogP contribution in [-0.2, 0) is 10.3 Å². The smallest absolute Gasteiger partial charge is 0.178 e. The molecule has 5 heteroatoms. The molecular formula is C13H15FN2OS. The number of benzene rings is 1. The zero-order chi connectivity index (χ0) is 12.8. The summed E-state index contributed by atoms with van der Waals surface area (Å²) in [5, 5.41) is 0. The van der Waals surface area contributed by atoms with Gasteiger partial charge in [0.1, 0.15) is 5.82 Å². The van der Waals surface area contributed by atoms with E-state index in [2.05, 4.69) is 16.5 Å². The third-order valence-corrected chi connectivity index (χ3v) is 4.04. The van der Waals surface area contributed by atoms with Gasteiger partial charge in [0.05, 0.1) is 11.0 Å². The fourth-order valence-corrected chi connectivity index (χ4v) is 3.08.